The van der Waals surface area contributed by atoms with E-state index in [0.29, 0.717) is 10.0 Å². The van der Waals surface area contributed by atoms with E-state index < -0.39 is 0 Å². The van der Waals surface area contributed by atoms with Gasteiger partial charge in [0.2, 0.25) is 0 Å². The van der Waals surface area contributed by atoms with Crippen LogP contribution in [0.4, 0.5) is 5.69 Å². The van der Waals surface area contributed by atoms with Crippen molar-refractivity contribution in [2.24, 2.45) is 11.7 Å². The molecule has 98 valence electrons. The summed E-state index contributed by atoms with van der Waals surface area (Å²) in [7, 11) is 0. The summed E-state index contributed by atoms with van der Waals surface area (Å²) in [5.74, 6) is 0.846. The quantitative estimate of drug-likeness (QED) is 0.837. The molecule has 0 atom stereocenters. The average Bonchev–Trinajstić information content (AvgIpc) is 2.27. The zero-order valence-electron chi connectivity index (χ0n) is 10.7. The van der Waals surface area contributed by atoms with Gasteiger partial charge in [-0.1, -0.05) is 30.2 Å². The number of rotatable bonds is 5. The van der Waals surface area contributed by atoms with Crippen molar-refractivity contribution in [1.82, 2.24) is 0 Å². The average molecular weight is 283 g/mol. The molecule has 0 heterocycles. The molecule has 0 amide bonds. The van der Waals surface area contributed by atoms with Crippen molar-refractivity contribution >= 4 is 34.5 Å². The second-order valence-electron chi connectivity index (χ2n) is 4.86. The van der Waals surface area contributed by atoms with Crippen LogP contribution >= 0.6 is 23.8 Å². The fourth-order valence-electron chi connectivity index (χ4n) is 2.30. The topological polar surface area (TPSA) is 29.3 Å². The molecule has 0 unspecified atom stereocenters. The third-order valence-electron chi connectivity index (χ3n) is 3.67. The summed E-state index contributed by atoms with van der Waals surface area (Å²) in [6.07, 6.45) is 4.09. The van der Waals surface area contributed by atoms with E-state index in [9.17, 15) is 0 Å². The summed E-state index contributed by atoms with van der Waals surface area (Å²) in [6, 6.07) is 5.95. The van der Waals surface area contributed by atoms with Crippen LogP contribution in [0.2, 0.25) is 5.02 Å². The predicted molar refractivity (Wildman–Crippen MR) is 82.6 cm³/mol. The standard InChI is InChI=1S/C14H19ClN2S/c1-2-17(9-10-4-3-5-10)11-6-7-12(14(16)18)13(15)8-11/h6-8,10H,2-5,9H2,1H3,(H2,16,18). The summed E-state index contributed by atoms with van der Waals surface area (Å²) in [5.41, 5.74) is 7.54. The van der Waals surface area contributed by atoms with Crippen LogP contribution in [0.1, 0.15) is 31.7 Å². The molecule has 0 radical (unpaired) electrons. The van der Waals surface area contributed by atoms with E-state index in [-0.39, 0.29) is 0 Å². The normalized spacial score (nSPS) is 15.2. The number of nitrogens with zero attached hydrogens (tertiary/aromatic N) is 1. The highest BCUT2D eigenvalue weighted by atomic mass is 35.5. The summed E-state index contributed by atoms with van der Waals surface area (Å²) >= 11 is 11.2. The van der Waals surface area contributed by atoms with Crippen molar-refractivity contribution in [3.05, 3.63) is 28.8 Å². The molecule has 1 aromatic rings. The van der Waals surface area contributed by atoms with E-state index in [0.717, 1.165) is 30.3 Å². The second-order valence-corrected chi connectivity index (χ2v) is 5.71. The van der Waals surface area contributed by atoms with Crippen LogP contribution in [0.3, 0.4) is 0 Å². The van der Waals surface area contributed by atoms with Gasteiger partial charge in [0.25, 0.3) is 0 Å². The molecule has 0 aliphatic heterocycles. The number of thiocarbonyl (C=S) groups is 1. The predicted octanol–water partition coefficient (Wildman–Crippen LogP) is 3.60. The van der Waals surface area contributed by atoms with Gasteiger partial charge in [-0.2, -0.15) is 0 Å². The van der Waals surface area contributed by atoms with E-state index in [4.69, 9.17) is 29.6 Å². The molecule has 1 aliphatic carbocycles. The van der Waals surface area contributed by atoms with E-state index in [1.807, 2.05) is 12.1 Å². The Balaban J connectivity index is 2.14. The zero-order chi connectivity index (χ0) is 13.1. The SMILES string of the molecule is CCN(CC1CCC1)c1ccc(C(N)=S)c(Cl)c1. The Labute approximate surface area is 119 Å². The van der Waals surface area contributed by atoms with Gasteiger partial charge in [-0.05, 0) is 43.9 Å². The summed E-state index contributed by atoms with van der Waals surface area (Å²) in [6.45, 7) is 4.30. The minimum atomic E-state index is 0.355. The maximum atomic E-state index is 6.22. The molecular formula is C14H19ClN2S. The van der Waals surface area contributed by atoms with Crippen LogP contribution in [0, 0.1) is 5.92 Å². The van der Waals surface area contributed by atoms with Gasteiger partial charge < -0.3 is 10.6 Å². The number of nitrogens with two attached hydrogens (primary N) is 1. The molecule has 2 rings (SSSR count). The Morgan fingerprint density at radius 2 is 2.22 bits per heavy atom. The van der Waals surface area contributed by atoms with Gasteiger partial charge in [-0.15, -0.1) is 0 Å². The molecule has 18 heavy (non-hydrogen) atoms. The first-order chi connectivity index (χ1) is 8.61. The minimum absolute atomic E-state index is 0.355. The number of hydrogen-bond donors (Lipinski definition) is 1. The lowest BCUT2D eigenvalue weighted by molar-refractivity contribution is 0.318. The third-order valence-corrected chi connectivity index (χ3v) is 4.20. The Hall–Kier alpha value is -0.800. The van der Waals surface area contributed by atoms with E-state index in [1.165, 1.54) is 19.3 Å². The van der Waals surface area contributed by atoms with Gasteiger partial charge in [-0.3, -0.25) is 0 Å². The Morgan fingerprint density at radius 3 is 2.67 bits per heavy atom. The lowest BCUT2D eigenvalue weighted by atomic mass is 9.85. The van der Waals surface area contributed by atoms with Gasteiger partial charge >= 0.3 is 0 Å². The molecule has 1 fully saturated rings. The third kappa shape index (κ3) is 2.96. The van der Waals surface area contributed by atoms with Crippen LogP contribution < -0.4 is 10.6 Å². The van der Waals surface area contributed by atoms with Crippen LogP contribution in [0.15, 0.2) is 18.2 Å². The summed E-state index contributed by atoms with van der Waals surface area (Å²) in [5, 5.41) is 0.645. The maximum Gasteiger partial charge on any atom is 0.105 e. The Kier molecular flexibility index (Phi) is 4.46. The van der Waals surface area contributed by atoms with Crippen molar-refractivity contribution in [2.45, 2.75) is 26.2 Å². The molecule has 2 N–H and O–H groups in total. The first-order valence-corrected chi connectivity index (χ1v) is 7.24. The van der Waals surface area contributed by atoms with Crippen molar-refractivity contribution < 1.29 is 0 Å². The zero-order valence-corrected chi connectivity index (χ0v) is 12.2. The highest BCUT2D eigenvalue weighted by molar-refractivity contribution is 7.80. The van der Waals surface area contributed by atoms with Gasteiger partial charge in [0.1, 0.15) is 4.99 Å². The molecule has 0 saturated heterocycles. The molecule has 0 bridgehead atoms. The van der Waals surface area contributed by atoms with Crippen LogP contribution in [0.5, 0.6) is 0 Å². The minimum Gasteiger partial charge on any atom is -0.389 e. The van der Waals surface area contributed by atoms with Gasteiger partial charge in [0.05, 0.1) is 5.02 Å². The summed E-state index contributed by atoms with van der Waals surface area (Å²) in [4.78, 5) is 2.73. The van der Waals surface area contributed by atoms with Crippen LogP contribution in [-0.2, 0) is 0 Å². The van der Waals surface area contributed by atoms with E-state index in [1.54, 1.807) is 0 Å². The molecule has 1 aliphatic rings. The number of halogens is 1. The lowest BCUT2D eigenvalue weighted by Gasteiger charge is -2.33. The van der Waals surface area contributed by atoms with Crippen LogP contribution in [-0.4, -0.2) is 18.1 Å². The van der Waals surface area contributed by atoms with E-state index in [2.05, 4.69) is 17.9 Å². The van der Waals surface area contributed by atoms with Crippen molar-refractivity contribution in [2.75, 3.05) is 18.0 Å². The monoisotopic (exact) mass is 282 g/mol. The Morgan fingerprint density at radius 1 is 1.50 bits per heavy atom. The molecular weight excluding hydrogens is 264 g/mol. The van der Waals surface area contributed by atoms with Gasteiger partial charge in [0.15, 0.2) is 0 Å². The molecule has 4 heteroatoms. The molecule has 0 spiro atoms. The first kappa shape index (κ1) is 13.6. The van der Waals surface area contributed by atoms with Crippen molar-refractivity contribution in [3.63, 3.8) is 0 Å². The van der Waals surface area contributed by atoms with Gasteiger partial charge in [-0.25, -0.2) is 0 Å². The second kappa shape index (κ2) is 5.89. The molecule has 1 aromatic carbocycles. The van der Waals surface area contributed by atoms with Crippen LogP contribution in [0.25, 0.3) is 0 Å². The lowest BCUT2D eigenvalue weighted by Crippen LogP contribution is -2.32. The molecule has 0 aromatic heterocycles. The first-order valence-electron chi connectivity index (χ1n) is 6.46. The molecule has 1 saturated carbocycles. The highest BCUT2D eigenvalue weighted by Gasteiger charge is 2.20. The van der Waals surface area contributed by atoms with Crippen molar-refractivity contribution in [1.29, 1.82) is 0 Å². The van der Waals surface area contributed by atoms with Crippen molar-refractivity contribution in [3.8, 4) is 0 Å². The Bertz CT molecular complexity index is 443. The molecule has 2 nitrogen and oxygen atoms in total. The number of anilines is 1. The smallest absolute Gasteiger partial charge is 0.105 e. The van der Waals surface area contributed by atoms with Gasteiger partial charge in [0, 0.05) is 24.3 Å². The summed E-state index contributed by atoms with van der Waals surface area (Å²) < 4.78 is 0. The number of hydrogen-bond acceptors (Lipinski definition) is 2. The van der Waals surface area contributed by atoms with E-state index >= 15 is 0 Å². The fourth-order valence-corrected chi connectivity index (χ4v) is 2.82. The largest absolute Gasteiger partial charge is 0.389 e. The fraction of sp³-hybridized carbons (Fsp3) is 0.500. The number of benzene rings is 1. The highest BCUT2D eigenvalue weighted by Crippen LogP contribution is 2.30. The maximum absolute atomic E-state index is 6.22.